The number of hydrogen-bond donors (Lipinski definition) is 2. The summed E-state index contributed by atoms with van der Waals surface area (Å²) in [7, 11) is 0. The predicted octanol–water partition coefficient (Wildman–Crippen LogP) is -0.845. The highest BCUT2D eigenvalue weighted by Gasteiger charge is 2.30. The van der Waals surface area contributed by atoms with E-state index in [0.717, 1.165) is 24.2 Å². The number of carbonyl (C=O) groups is 3. The first-order valence-corrected chi connectivity index (χ1v) is 6.16. The summed E-state index contributed by atoms with van der Waals surface area (Å²) in [5.41, 5.74) is 5.83. The zero-order valence-corrected chi connectivity index (χ0v) is 10.1. The average Bonchev–Trinajstić information content (AvgIpc) is 2.89. The van der Waals surface area contributed by atoms with Gasteiger partial charge in [0.15, 0.2) is 0 Å². The summed E-state index contributed by atoms with van der Waals surface area (Å²) in [6.07, 6.45) is 5.14. The Labute approximate surface area is 105 Å². The van der Waals surface area contributed by atoms with Gasteiger partial charge in [0, 0.05) is 31.3 Å². The van der Waals surface area contributed by atoms with Crippen molar-refractivity contribution in [2.45, 2.75) is 25.3 Å². The van der Waals surface area contributed by atoms with E-state index in [-0.39, 0.29) is 42.8 Å². The molecule has 1 heterocycles. The minimum Gasteiger partial charge on any atom is -0.354 e. The van der Waals surface area contributed by atoms with Gasteiger partial charge in [0.25, 0.3) is 11.8 Å². The highest BCUT2D eigenvalue weighted by molar-refractivity contribution is 6.12. The van der Waals surface area contributed by atoms with Crippen molar-refractivity contribution in [1.82, 2.24) is 10.2 Å². The molecule has 6 heteroatoms. The molecule has 2 aliphatic rings. The molecule has 1 fully saturated rings. The Hall–Kier alpha value is -1.69. The monoisotopic (exact) mass is 251 g/mol. The van der Waals surface area contributed by atoms with Gasteiger partial charge in [0.05, 0.1) is 5.92 Å². The molecule has 0 spiro atoms. The third kappa shape index (κ3) is 2.59. The molecule has 2 unspecified atom stereocenters. The van der Waals surface area contributed by atoms with E-state index in [4.69, 9.17) is 5.73 Å². The van der Waals surface area contributed by atoms with Crippen molar-refractivity contribution in [3.05, 3.63) is 12.2 Å². The second-order valence-corrected chi connectivity index (χ2v) is 4.65. The van der Waals surface area contributed by atoms with Crippen molar-refractivity contribution in [3.63, 3.8) is 0 Å². The fourth-order valence-electron chi connectivity index (χ4n) is 2.39. The summed E-state index contributed by atoms with van der Waals surface area (Å²) in [4.78, 5) is 35.4. The van der Waals surface area contributed by atoms with Crippen molar-refractivity contribution in [2.24, 2.45) is 11.7 Å². The Balaban J connectivity index is 1.74. The van der Waals surface area contributed by atoms with Crippen molar-refractivity contribution in [2.75, 3.05) is 13.1 Å². The highest BCUT2D eigenvalue weighted by atomic mass is 16.2. The Kier molecular flexibility index (Phi) is 3.76. The molecule has 98 valence electrons. The SMILES string of the molecule is NC1CCCC1C(=O)NCCN1C(=O)C=CC1=O. The maximum absolute atomic E-state index is 11.8. The largest absolute Gasteiger partial charge is 0.354 e. The molecule has 0 aromatic carbocycles. The van der Waals surface area contributed by atoms with Gasteiger partial charge < -0.3 is 11.1 Å². The van der Waals surface area contributed by atoms with E-state index in [2.05, 4.69) is 5.32 Å². The van der Waals surface area contributed by atoms with Gasteiger partial charge in [-0.15, -0.1) is 0 Å². The van der Waals surface area contributed by atoms with E-state index >= 15 is 0 Å². The predicted molar refractivity (Wildman–Crippen MR) is 64.2 cm³/mol. The molecule has 0 radical (unpaired) electrons. The minimum atomic E-state index is -0.327. The van der Waals surface area contributed by atoms with Crippen molar-refractivity contribution < 1.29 is 14.4 Å². The molecule has 2 atom stereocenters. The summed E-state index contributed by atoms with van der Waals surface area (Å²) in [6.45, 7) is 0.486. The van der Waals surface area contributed by atoms with Crippen molar-refractivity contribution >= 4 is 17.7 Å². The molecule has 1 aliphatic heterocycles. The molecule has 6 nitrogen and oxygen atoms in total. The van der Waals surface area contributed by atoms with E-state index in [1.165, 1.54) is 12.2 Å². The van der Waals surface area contributed by atoms with Crippen LogP contribution in [0.5, 0.6) is 0 Å². The molecule has 0 aromatic heterocycles. The Morgan fingerprint density at radius 2 is 2.00 bits per heavy atom. The van der Waals surface area contributed by atoms with Crippen LogP contribution in [0, 0.1) is 5.92 Å². The van der Waals surface area contributed by atoms with Gasteiger partial charge in [-0.3, -0.25) is 19.3 Å². The summed E-state index contributed by atoms with van der Waals surface area (Å²) in [5.74, 6) is -0.862. The Morgan fingerprint density at radius 3 is 2.56 bits per heavy atom. The van der Waals surface area contributed by atoms with Crippen LogP contribution >= 0.6 is 0 Å². The van der Waals surface area contributed by atoms with Gasteiger partial charge >= 0.3 is 0 Å². The standard InChI is InChI=1S/C12H17N3O3/c13-9-3-1-2-8(9)12(18)14-6-7-15-10(16)4-5-11(15)17/h4-5,8-9H,1-3,6-7,13H2,(H,14,18). The number of amides is 3. The number of imide groups is 1. The normalized spacial score (nSPS) is 27.1. The lowest BCUT2D eigenvalue weighted by molar-refractivity contribution is -0.137. The fraction of sp³-hybridized carbons (Fsp3) is 0.583. The van der Waals surface area contributed by atoms with E-state index in [1.54, 1.807) is 0 Å². The van der Waals surface area contributed by atoms with Crippen molar-refractivity contribution in [1.29, 1.82) is 0 Å². The number of nitrogens with one attached hydrogen (secondary N) is 1. The van der Waals surface area contributed by atoms with Crippen LogP contribution in [0.1, 0.15) is 19.3 Å². The molecule has 1 aliphatic carbocycles. The number of rotatable bonds is 4. The summed E-state index contributed by atoms with van der Waals surface area (Å²) < 4.78 is 0. The fourth-order valence-corrected chi connectivity index (χ4v) is 2.39. The lowest BCUT2D eigenvalue weighted by Crippen LogP contribution is -2.43. The van der Waals surface area contributed by atoms with Crippen LogP contribution < -0.4 is 11.1 Å². The number of nitrogens with zero attached hydrogens (tertiary/aromatic N) is 1. The molecular formula is C12H17N3O3. The smallest absolute Gasteiger partial charge is 0.253 e. The van der Waals surface area contributed by atoms with Crippen LogP contribution in [-0.4, -0.2) is 41.8 Å². The van der Waals surface area contributed by atoms with Crippen LogP contribution in [0.25, 0.3) is 0 Å². The summed E-state index contributed by atoms with van der Waals surface area (Å²) in [6, 6.07) is -0.0679. The summed E-state index contributed by atoms with van der Waals surface area (Å²) in [5, 5.41) is 2.73. The van der Waals surface area contributed by atoms with Gasteiger partial charge in [-0.1, -0.05) is 6.42 Å². The first-order chi connectivity index (χ1) is 8.59. The molecule has 0 aromatic rings. The van der Waals surface area contributed by atoms with Gasteiger partial charge in [-0.2, -0.15) is 0 Å². The van der Waals surface area contributed by atoms with Gasteiger partial charge in [-0.25, -0.2) is 0 Å². The topological polar surface area (TPSA) is 92.5 Å². The molecule has 3 N–H and O–H groups in total. The number of carbonyl (C=O) groups excluding carboxylic acids is 3. The number of nitrogens with two attached hydrogens (primary N) is 1. The maximum atomic E-state index is 11.8. The molecular weight excluding hydrogens is 234 g/mol. The second-order valence-electron chi connectivity index (χ2n) is 4.65. The van der Waals surface area contributed by atoms with Gasteiger partial charge in [0.1, 0.15) is 0 Å². The molecule has 3 amide bonds. The van der Waals surface area contributed by atoms with Crippen LogP contribution in [0.15, 0.2) is 12.2 Å². The lowest BCUT2D eigenvalue weighted by atomic mass is 10.0. The first-order valence-electron chi connectivity index (χ1n) is 6.16. The van der Waals surface area contributed by atoms with Crippen molar-refractivity contribution in [3.8, 4) is 0 Å². The molecule has 2 rings (SSSR count). The lowest BCUT2D eigenvalue weighted by Gasteiger charge is -2.17. The third-order valence-corrected chi connectivity index (χ3v) is 3.44. The third-order valence-electron chi connectivity index (χ3n) is 3.44. The summed E-state index contributed by atoms with van der Waals surface area (Å²) >= 11 is 0. The first kappa shape index (κ1) is 12.8. The molecule has 0 saturated heterocycles. The van der Waals surface area contributed by atoms with E-state index in [1.807, 2.05) is 0 Å². The van der Waals surface area contributed by atoms with E-state index in [9.17, 15) is 14.4 Å². The highest BCUT2D eigenvalue weighted by Crippen LogP contribution is 2.23. The van der Waals surface area contributed by atoms with Crippen LogP contribution in [0.2, 0.25) is 0 Å². The number of hydrogen-bond acceptors (Lipinski definition) is 4. The van der Waals surface area contributed by atoms with Crippen LogP contribution in [-0.2, 0) is 14.4 Å². The molecule has 0 bridgehead atoms. The minimum absolute atomic E-state index is 0.0679. The zero-order valence-electron chi connectivity index (χ0n) is 10.1. The van der Waals surface area contributed by atoms with Crippen LogP contribution in [0.4, 0.5) is 0 Å². The Bertz CT molecular complexity index is 387. The van der Waals surface area contributed by atoms with Gasteiger partial charge in [0.2, 0.25) is 5.91 Å². The van der Waals surface area contributed by atoms with E-state index < -0.39 is 0 Å². The Morgan fingerprint density at radius 1 is 1.33 bits per heavy atom. The maximum Gasteiger partial charge on any atom is 0.253 e. The molecule has 1 saturated carbocycles. The van der Waals surface area contributed by atoms with Crippen LogP contribution in [0.3, 0.4) is 0 Å². The zero-order chi connectivity index (χ0) is 13.1. The average molecular weight is 251 g/mol. The van der Waals surface area contributed by atoms with E-state index in [0.29, 0.717) is 0 Å². The quantitative estimate of drug-likeness (QED) is 0.637. The second kappa shape index (κ2) is 5.30. The van der Waals surface area contributed by atoms with Gasteiger partial charge in [-0.05, 0) is 12.8 Å². The molecule has 18 heavy (non-hydrogen) atoms.